The van der Waals surface area contributed by atoms with Gasteiger partial charge in [-0.3, -0.25) is 9.89 Å². The summed E-state index contributed by atoms with van der Waals surface area (Å²) in [6.45, 7) is 0. The Morgan fingerprint density at radius 3 is 2.54 bits per heavy atom. The van der Waals surface area contributed by atoms with Gasteiger partial charge < -0.3 is 10.2 Å². The van der Waals surface area contributed by atoms with Gasteiger partial charge in [0.05, 0.1) is 10.6 Å². The zero-order valence-electron chi connectivity index (χ0n) is 12.9. The molecule has 0 atom stereocenters. The molecule has 2 heterocycles. The molecule has 2 aromatic heterocycles. The van der Waals surface area contributed by atoms with Crippen LogP contribution in [0.25, 0.3) is 10.6 Å². The Morgan fingerprint density at radius 2 is 1.96 bits per heavy atom. The van der Waals surface area contributed by atoms with E-state index in [0.29, 0.717) is 5.69 Å². The van der Waals surface area contributed by atoms with E-state index in [1.807, 2.05) is 17.5 Å². The second-order valence-corrected chi connectivity index (χ2v) is 6.23. The van der Waals surface area contributed by atoms with E-state index in [-0.39, 0.29) is 17.1 Å². The molecule has 0 aliphatic heterocycles. The molecule has 3 aromatic rings. The number of hydrogen-bond donors (Lipinski definition) is 2. The summed E-state index contributed by atoms with van der Waals surface area (Å²) in [4.78, 5) is 14.5. The Hall–Kier alpha value is -2.74. The third-order valence-corrected chi connectivity index (χ3v) is 4.22. The molecule has 1 amide bonds. The fraction of sp³-hybridized carbons (Fsp3) is 0.125. The minimum Gasteiger partial charge on any atom is -0.373 e. The summed E-state index contributed by atoms with van der Waals surface area (Å²) < 4.78 is 27.9. The second-order valence-electron chi connectivity index (χ2n) is 5.28. The molecule has 24 heavy (non-hydrogen) atoms. The monoisotopic (exact) mass is 348 g/mol. The number of halogens is 2. The smallest absolute Gasteiger partial charge is 0.276 e. The number of carbonyl (C=O) groups is 1. The number of thiophene rings is 1. The minimum absolute atomic E-state index is 0.0290. The number of nitrogens with one attached hydrogen (secondary N) is 2. The summed E-state index contributed by atoms with van der Waals surface area (Å²) >= 11 is 1.51. The maximum absolute atomic E-state index is 14.0. The van der Waals surface area contributed by atoms with Gasteiger partial charge in [-0.15, -0.1) is 11.3 Å². The van der Waals surface area contributed by atoms with E-state index in [1.165, 1.54) is 30.3 Å². The van der Waals surface area contributed by atoms with E-state index in [0.717, 1.165) is 17.0 Å². The highest BCUT2D eigenvalue weighted by atomic mass is 32.1. The van der Waals surface area contributed by atoms with Crippen LogP contribution in [0.3, 0.4) is 0 Å². The Labute approximate surface area is 140 Å². The average molecular weight is 348 g/mol. The summed E-state index contributed by atoms with van der Waals surface area (Å²) in [7, 11) is 3.07. The number of rotatable bonds is 4. The van der Waals surface area contributed by atoms with Crippen LogP contribution in [-0.2, 0) is 0 Å². The van der Waals surface area contributed by atoms with Crippen LogP contribution in [0.4, 0.5) is 20.2 Å². The molecule has 0 bridgehead atoms. The maximum Gasteiger partial charge on any atom is 0.276 e. The van der Waals surface area contributed by atoms with Crippen molar-refractivity contribution in [3.63, 3.8) is 0 Å². The number of H-pyrrole nitrogens is 1. The van der Waals surface area contributed by atoms with Crippen molar-refractivity contribution < 1.29 is 13.6 Å². The van der Waals surface area contributed by atoms with Crippen LogP contribution < -0.4 is 10.2 Å². The number of aromatic amines is 1. The number of carbonyl (C=O) groups excluding carboxylic acids is 1. The number of aromatic nitrogens is 2. The molecule has 5 nitrogen and oxygen atoms in total. The molecule has 0 saturated heterocycles. The molecule has 0 fully saturated rings. The highest BCUT2D eigenvalue weighted by Crippen LogP contribution is 2.26. The van der Waals surface area contributed by atoms with Gasteiger partial charge in [0.2, 0.25) is 0 Å². The van der Waals surface area contributed by atoms with Crippen molar-refractivity contribution in [3.8, 4) is 10.6 Å². The largest absolute Gasteiger partial charge is 0.373 e. The fourth-order valence-electron chi connectivity index (χ4n) is 2.26. The molecule has 3 rings (SSSR count). The Morgan fingerprint density at radius 1 is 1.25 bits per heavy atom. The molecular weight excluding hydrogens is 334 g/mol. The van der Waals surface area contributed by atoms with Gasteiger partial charge in [-0.2, -0.15) is 5.10 Å². The number of amides is 1. The third-order valence-electron chi connectivity index (χ3n) is 3.32. The summed E-state index contributed by atoms with van der Waals surface area (Å²) in [6, 6.07) is 7.51. The van der Waals surface area contributed by atoms with Crippen LogP contribution in [-0.4, -0.2) is 30.2 Å². The first-order valence-electron chi connectivity index (χ1n) is 7.02. The topological polar surface area (TPSA) is 61.0 Å². The van der Waals surface area contributed by atoms with E-state index in [2.05, 4.69) is 15.5 Å². The number of nitrogens with zero attached hydrogens (tertiary/aromatic N) is 2. The molecule has 0 spiro atoms. The van der Waals surface area contributed by atoms with Gasteiger partial charge in [-0.25, -0.2) is 8.78 Å². The van der Waals surface area contributed by atoms with Crippen molar-refractivity contribution in [2.75, 3.05) is 24.3 Å². The van der Waals surface area contributed by atoms with Crippen molar-refractivity contribution in [2.24, 2.45) is 0 Å². The van der Waals surface area contributed by atoms with Gasteiger partial charge in [-0.05, 0) is 29.6 Å². The second kappa shape index (κ2) is 6.40. The van der Waals surface area contributed by atoms with Gasteiger partial charge >= 0.3 is 0 Å². The zero-order chi connectivity index (χ0) is 17.3. The first kappa shape index (κ1) is 16.1. The number of benzene rings is 1. The van der Waals surface area contributed by atoms with Crippen LogP contribution in [0.1, 0.15) is 10.5 Å². The predicted octanol–water partition coefficient (Wildman–Crippen LogP) is 3.73. The fourth-order valence-corrected chi connectivity index (χ4v) is 2.95. The van der Waals surface area contributed by atoms with E-state index < -0.39 is 17.5 Å². The summed E-state index contributed by atoms with van der Waals surface area (Å²) in [5.41, 5.74) is 0.709. The van der Waals surface area contributed by atoms with Crippen molar-refractivity contribution in [3.05, 3.63) is 53.0 Å². The van der Waals surface area contributed by atoms with E-state index in [1.54, 1.807) is 6.07 Å². The van der Waals surface area contributed by atoms with Gasteiger partial charge in [-0.1, -0.05) is 6.07 Å². The first-order valence-corrected chi connectivity index (χ1v) is 7.90. The lowest BCUT2D eigenvalue weighted by Gasteiger charge is -2.15. The molecule has 0 aliphatic rings. The van der Waals surface area contributed by atoms with Gasteiger partial charge in [0.25, 0.3) is 5.91 Å². The Kier molecular flexibility index (Phi) is 4.30. The number of hydrogen-bond acceptors (Lipinski definition) is 4. The molecular formula is C16H14F2N4OS. The van der Waals surface area contributed by atoms with Gasteiger partial charge in [0.1, 0.15) is 5.69 Å². The molecule has 0 saturated carbocycles. The average Bonchev–Trinajstić information content (AvgIpc) is 3.17. The molecule has 124 valence electrons. The Bertz CT molecular complexity index is 851. The van der Waals surface area contributed by atoms with Crippen LogP contribution in [0, 0.1) is 11.6 Å². The van der Waals surface area contributed by atoms with Crippen molar-refractivity contribution in [1.29, 1.82) is 0 Å². The molecule has 0 unspecified atom stereocenters. The van der Waals surface area contributed by atoms with Crippen LogP contribution in [0.15, 0.2) is 35.7 Å². The SMILES string of the molecule is CN(C)c1c(F)cc(NC(=O)c2cc(-c3cccs3)[nH]n2)cc1F. The normalized spacial score (nSPS) is 10.7. The standard InChI is InChI=1S/C16H14F2N4OS/c1-22(2)15-10(17)6-9(7-11(15)18)19-16(23)13-8-12(20-21-13)14-4-3-5-24-14/h3-8H,1-2H3,(H,19,23)(H,20,21). The molecule has 0 aliphatic carbocycles. The first-order chi connectivity index (χ1) is 11.5. The minimum atomic E-state index is -0.753. The number of anilines is 2. The van der Waals surface area contributed by atoms with E-state index in [4.69, 9.17) is 0 Å². The molecule has 8 heteroatoms. The van der Waals surface area contributed by atoms with E-state index in [9.17, 15) is 13.6 Å². The summed E-state index contributed by atoms with van der Waals surface area (Å²) in [5, 5.41) is 11.1. The molecule has 1 aromatic carbocycles. The quantitative estimate of drug-likeness (QED) is 0.755. The highest BCUT2D eigenvalue weighted by molar-refractivity contribution is 7.13. The van der Waals surface area contributed by atoms with Gasteiger partial charge in [0, 0.05) is 19.8 Å². The van der Waals surface area contributed by atoms with Crippen molar-refractivity contribution in [1.82, 2.24) is 10.2 Å². The maximum atomic E-state index is 14.0. The molecule has 0 radical (unpaired) electrons. The lowest BCUT2D eigenvalue weighted by atomic mass is 10.2. The zero-order valence-corrected chi connectivity index (χ0v) is 13.7. The highest BCUT2D eigenvalue weighted by Gasteiger charge is 2.16. The molecule has 2 N–H and O–H groups in total. The van der Waals surface area contributed by atoms with Crippen LogP contribution in [0.2, 0.25) is 0 Å². The van der Waals surface area contributed by atoms with Crippen LogP contribution in [0.5, 0.6) is 0 Å². The summed E-state index contributed by atoms with van der Waals surface area (Å²) in [6.07, 6.45) is 0. The lowest BCUT2D eigenvalue weighted by molar-refractivity contribution is 0.102. The van der Waals surface area contributed by atoms with Crippen molar-refractivity contribution in [2.45, 2.75) is 0 Å². The Balaban J connectivity index is 1.80. The van der Waals surface area contributed by atoms with Crippen molar-refractivity contribution >= 4 is 28.6 Å². The predicted molar refractivity (Wildman–Crippen MR) is 90.5 cm³/mol. The third kappa shape index (κ3) is 3.13. The summed E-state index contributed by atoms with van der Waals surface area (Å²) in [5.74, 6) is -2.06. The van der Waals surface area contributed by atoms with E-state index >= 15 is 0 Å². The van der Waals surface area contributed by atoms with Crippen LogP contribution >= 0.6 is 11.3 Å². The lowest BCUT2D eigenvalue weighted by Crippen LogP contribution is -2.16. The van der Waals surface area contributed by atoms with Gasteiger partial charge in [0.15, 0.2) is 17.3 Å².